The van der Waals surface area contributed by atoms with Crippen LogP contribution in [0.3, 0.4) is 0 Å². The van der Waals surface area contributed by atoms with Gasteiger partial charge in [-0.3, -0.25) is 37.3 Å². The first kappa shape index (κ1) is 91.1. The Morgan fingerprint density at radius 3 is 0.731 bits per heavy atom. The van der Waals surface area contributed by atoms with Gasteiger partial charge in [-0.25, -0.2) is 9.13 Å². The van der Waals surface area contributed by atoms with Crippen molar-refractivity contribution in [2.75, 3.05) is 39.6 Å². The number of esters is 4. The third kappa shape index (κ3) is 68.4. The van der Waals surface area contributed by atoms with Gasteiger partial charge >= 0.3 is 39.5 Å². The first-order valence-electron chi connectivity index (χ1n) is 38.5. The lowest BCUT2D eigenvalue weighted by Crippen LogP contribution is -2.30. The molecule has 0 heterocycles. The first-order valence-corrected chi connectivity index (χ1v) is 41.5. The van der Waals surface area contributed by atoms with E-state index in [2.05, 4.69) is 41.5 Å². The van der Waals surface area contributed by atoms with E-state index in [-0.39, 0.29) is 25.7 Å². The fourth-order valence-electron chi connectivity index (χ4n) is 11.3. The summed E-state index contributed by atoms with van der Waals surface area (Å²) in [5.74, 6) is -0.648. The highest BCUT2D eigenvalue weighted by molar-refractivity contribution is 7.47. The summed E-state index contributed by atoms with van der Waals surface area (Å²) in [6.07, 6.45) is 52.8. The van der Waals surface area contributed by atoms with E-state index in [1.165, 1.54) is 193 Å². The van der Waals surface area contributed by atoms with E-state index in [9.17, 15) is 43.2 Å². The molecular formula is C74H144O17P2. The summed E-state index contributed by atoms with van der Waals surface area (Å²) in [7, 11) is -9.90. The van der Waals surface area contributed by atoms with Crippen molar-refractivity contribution in [3.8, 4) is 0 Å². The molecule has 0 aliphatic carbocycles. The number of unbranched alkanes of at least 4 members (excludes halogenated alkanes) is 43. The lowest BCUT2D eigenvalue weighted by Gasteiger charge is -2.21. The molecule has 17 nitrogen and oxygen atoms in total. The number of phosphoric ester groups is 2. The normalized spacial score (nSPS) is 14.1. The maximum absolute atomic E-state index is 13.1. The maximum atomic E-state index is 13.1. The van der Waals surface area contributed by atoms with Crippen molar-refractivity contribution in [3.63, 3.8) is 0 Å². The number of aliphatic hydroxyl groups excluding tert-OH is 1. The number of phosphoric acid groups is 2. The van der Waals surface area contributed by atoms with Gasteiger partial charge in [0.25, 0.3) is 0 Å². The Morgan fingerprint density at radius 2 is 0.495 bits per heavy atom. The second-order valence-electron chi connectivity index (χ2n) is 27.6. The molecule has 0 aliphatic heterocycles. The summed E-state index contributed by atoms with van der Waals surface area (Å²) in [4.78, 5) is 72.7. The molecule has 552 valence electrons. The molecule has 0 rings (SSSR count). The van der Waals surface area contributed by atoms with Crippen LogP contribution >= 0.6 is 15.6 Å². The standard InChI is InChI=1S/C74H144O17P2/c1-7-9-11-13-15-17-19-20-21-22-23-26-31-35-39-47-53-59-74(79)90-69(62-84-71(76)56-50-44-37-33-30-27-24-25-29-32-36-42-48-54-66(3)4)64-88-92(80,81)86-60-68(75)61-87-93(82,83)89-65-70(63-85-72(77)57-51-45-41-40-43-49-55-67(5)6)91-73(78)58-52-46-38-34-28-18-16-14-12-10-8-2/h66-70,75H,7-65H2,1-6H3,(H,80,81)(H,82,83)/t68-,69-,70-/m1/s1. The van der Waals surface area contributed by atoms with Crippen molar-refractivity contribution in [2.24, 2.45) is 11.8 Å². The third-order valence-electron chi connectivity index (χ3n) is 17.2. The third-order valence-corrected chi connectivity index (χ3v) is 19.1. The molecule has 0 aromatic heterocycles. The lowest BCUT2D eigenvalue weighted by molar-refractivity contribution is -0.161. The van der Waals surface area contributed by atoms with Crippen molar-refractivity contribution in [3.05, 3.63) is 0 Å². The average Bonchev–Trinajstić information content (AvgIpc) is 1.72. The van der Waals surface area contributed by atoms with Crippen LogP contribution in [0, 0.1) is 11.8 Å². The second-order valence-corrected chi connectivity index (χ2v) is 30.5. The van der Waals surface area contributed by atoms with Gasteiger partial charge in [-0.2, -0.15) is 0 Å². The van der Waals surface area contributed by atoms with Gasteiger partial charge in [0.1, 0.15) is 19.3 Å². The Balaban J connectivity index is 5.22. The molecule has 5 atom stereocenters. The molecule has 0 aliphatic rings. The molecule has 19 heteroatoms. The van der Waals surface area contributed by atoms with Crippen molar-refractivity contribution in [2.45, 2.75) is 400 Å². The van der Waals surface area contributed by atoms with E-state index in [0.29, 0.717) is 31.6 Å². The van der Waals surface area contributed by atoms with Gasteiger partial charge in [-0.15, -0.1) is 0 Å². The van der Waals surface area contributed by atoms with Crippen molar-refractivity contribution < 1.29 is 80.2 Å². The molecule has 0 amide bonds. The number of carbonyl (C=O) groups is 4. The lowest BCUT2D eigenvalue weighted by atomic mass is 10.0. The van der Waals surface area contributed by atoms with Crippen LogP contribution < -0.4 is 0 Å². The van der Waals surface area contributed by atoms with Gasteiger partial charge in [0.05, 0.1) is 26.4 Å². The van der Waals surface area contributed by atoms with Crippen LogP contribution in [-0.2, 0) is 65.4 Å². The molecule has 0 fully saturated rings. The molecular weight excluding hydrogens is 1220 g/mol. The topological polar surface area (TPSA) is 237 Å². The van der Waals surface area contributed by atoms with Crippen molar-refractivity contribution in [1.29, 1.82) is 0 Å². The smallest absolute Gasteiger partial charge is 0.462 e. The predicted molar refractivity (Wildman–Crippen MR) is 377 cm³/mol. The SMILES string of the molecule is CCCCCCCCCCCCCCCCCCCC(=O)O[C@H](COC(=O)CCCCCCCCCCCCCCCC(C)C)COP(=O)(O)OC[C@@H](O)COP(=O)(O)OC[C@@H](COC(=O)CCCCCCCCC(C)C)OC(=O)CCCCCCCCCCCCC. The van der Waals surface area contributed by atoms with Crippen molar-refractivity contribution in [1.82, 2.24) is 0 Å². The minimum Gasteiger partial charge on any atom is -0.462 e. The Kier molecular flexibility index (Phi) is 64.6. The zero-order valence-electron chi connectivity index (χ0n) is 60.6. The van der Waals surface area contributed by atoms with E-state index >= 15 is 0 Å². The number of ether oxygens (including phenoxy) is 4. The molecule has 3 N–H and O–H groups in total. The molecule has 0 saturated carbocycles. The van der Waals surface area contributed by atoms with Crippen LogP contribution in [0.25, 0.3) is 0 Å². The molecule has 0 spiro atoms. The van der Waals surface area contributed by atoms with Crippen molar-refractivity contribution >= 4 is 39.5 Å². The summed E-state index contributed by atoms with van der Waals surface area (Å²) in [6.45, 7) is 9.52. The van der Waals surface area contributed by atoms with Gasteiger partial charge in [0.2, 0.25) is 0 Å². The summed E-state index contributed by atoms with van der Waals surface area (Å²) in [5.41, 5.74) is 0. The Bertz CT molecular complexity index is 1800. The van der Waals surface area contributed by atoms with E-state index in [1.807, 2.05) is 0 Å². The summed E-state index contributed by atoms with van der Waals surface area (Å²) in [5, 5.41) is 10.6. The van der Waals surface area contributed by atoms with Gasteiger partial charge < -0.3 is 33.8 Å². The van der Waals surface area contributed by atoms with Crippen LogP contribution in [0.1, 0.15) is 382 Å². The highest BCUT2D eigenvalue weighted by Gasteiger charge is 2.30. The molecule has 0 bridgehead atoms. The summed E-state index contributed by atoms with van der Waals surface area (Å²) < 4.78 is 68.4. The van der Waals surface area contributed by atoms with E-state index in [4.69, 9.17) is 37.0 Å². The molecule has 0 radical (unpaired) electrons. The quantitative estimate of drug-likeness (QED) is 0.0222. The second kappa shape index (κ2) is 66.0. The molecule has 0 aromatic rings. The average molecular weight is 1370 g/mol. The minimum atomic E-state index is -4.96. The van der Waals surface area contributed by atoms with E-state index in [0.717, 1.165) is 102 Å². The highest BCUT2D eigenvalue weighted by atomic mass is 31.2. The molecule has 2 unspecified atom stereocenters. The Hall–Kier alpha value is -1.94. The highest BCUT2D eigenvalue weighted by Crippen LogP contribution is 2.45. The fourth-order valence-corrected chi connectivity index (χ4v) is 12.9. The Morgan fingerprint density at radius 1 is 0.290 bits per heavy atom. The fraction of sp³-hybridized carbons (Fsp3) is 0.946. The van der Waals surface area contributed by atoms with Crippen LogP contribution in [-0.4, -0.2) is 96.7 Å². The monoisotopic (exact) mass is 1370 g/mol. The zero-order chi connectivity index (χ0) is 68.6. The number of hydrogen-bond acceptors (Lipinski definition) is 15. The van der Waals surface area contributed by atoms with Gasteiger partial charge in [-0.1, -0.05) is 330 Å². The van der Waals surface area contributed by atoms with Gasteiger partial charge in [0.15, 0.2) is 12.2 Å². The van der Waals surface area contributed by atoms with Crippen LogP contribution in [0.2, 0.25) is 0 Å². The van der Waals surface area contributed by atoms with Crippen LogP contribution in [0.15, 0.2) is 0 Å². The van der Waals surface area contributed by atoms with E-state index < -0.39 is 97.5 Å². The summed E-state index contributed by atoms with van der Waals surface area (Å²) >= 11 is 0. The molecule has 0 aromatic carbocycles. The number of rotatable bonds is 73. The minimum absolute atomic E-state index is 0.106. The maximum Gasteiger partial charge on any atom is 0.472 e. The van der Waals surface area contributed by atoms with Crippen LogP contribution in [0.4, 0.5) is 0 Å². The number of carbonyl (C=O) groups excluding carboxylic acids is 4. The molecule has 0 saturated heterocycles. The van der Waals surface area contributed by atoms with Crippen LogP contribution in [0.5, 0.6) is 0 Å². The molecule has 93 heavy (non-hydrogen) atoms. The van der Waals surface area contributed by atoms with E-state index in [1.54, 1.807) is 0 Å². The first-order chi connectivity index (χ1) is 44.9. The van der Waals surface area contributed by atoms with Gasteiger partial charge in [-0.05, 0) is 37.5 Å². The number of hydrogen-bond donors (Lipinski definition) is 3. The number of aliphatic hydroxyl groups is 1. The largest absolute Gasteiger partial charge is 0.472 e. The predicted octanol–water partition coefficient (Wildman–Crippen LogP) is 21.6. The Labute approximate surface area is 568 Å². The summed E-state index contributed by atoms with van der Waals surface area (Å²) in [6, 6.07) is 0. The van der Waals surface area contributed by atoms with Gasteiger partial charge in [0, 0.05) is 25.7 Å². The zero-order valence-corrected chi connectivity index (χ0v) is 62.3.